The lowest BCUT2D eigenvalue weighted by Crippen LogP contribution is -2.30. The smallest absolute Gasteiger partial charge is 0.335 e. The lowest BCUT2D eigenvalue weighted by molar-refractivity contribution is 0.0696. The first kappa shape index (κ1) is 20.6. The molecule has 0 fully saturated rings. The molecule has 126 valence electrons. The Hall–Kier alpha value is -1.43. The van der Waals surface area contributed by atoms with E-state index < -0.39 is 5.97 Å². The van der Waals surface area contributed by atoms with E-state index in [0.717, 1.165) is 5.56 Å². The molecule has 0 radical (unpaired) electrons. The highest BCUT2D eigenvalue weighted by molar-refractivity contribution is 5.87. The first-order valence-electron chi connectivity index (χ1n) is 7.44. The monoisotopic (exact) mass is 311 g/mol. The summed E-state index contributed by atoms with van der Waals surface area (Å²) in [6, 6.07) is 7.01. The molecule has 2 unspecified atom stereocenters. The summed E-state index contributed by atoms with van der Waals surface area (Å²) in [7, 11) is 0. The Morgan fingerprint density at radius 3 is 1.73 bits per heavy atom. The van der Waals surface area contributed by atoms with Gasteiger partial charge in [0.25, 0.3) is 0 Å². The molecule has 1 aromatic carbocycles. The minimum absolute atomic E-state index is 0.0804. The van der Waals surface area contributed by atoms with Crippen molar-refractivity contribution in [3.05, 3.63) is 35.4 Å². The van der Waals surface area contributed by atoms with Gasteiger partial charge in [-0.2, -0.15) is 0 Å². The second kappa shape index (κ2) is 9.56. The fourth-order valence-electron chi connectivity index (χ4n) is 1.61. The number of aromatic carboxylic acids is 1. The van der Waals surface area contributed by atoms with Gasteiger partial charge >= 0.3 is 5.97 Å². The van der Waals surface area contributed by atoms with Crippen LogP contribution < -0.4 is 5.32 Å². The fraction of sp³-hybridized carbons (Fsp3) is 0.588. The number of carboxylic acid groups (broad SMARTS) is 1. The third-order valence-corrected chi connectivity index (χ3v) is 2.88. The van der Waals surface area contributed by atoms with Crippen molar-refractivity contribution in [1.29, 1.82) is 0 Å². The van der Waals surface area contributed by atoms with Crippen molar-refractivity contribution < 1.29 is 20.1 Å². The van der Waals surface area contributed by atoms with Crippen molar-refractivity contribution in [2.75, 3.05) is 13.1 Å². The SMILES string of the molecule is CC(C)(C)c1ccc(C(=O)O)cc1.CC(O)CNCC(C)O. The maximum absolute atomic E-state index is 10.6. The van der Waals surface area contributed by atoms with Gasteiger partial charge in [-0.3, -0.25) is 0 Å². The van der Waals surface area contributed by atoms with E-state index in [-0.39, 0.29) is 17.6 Å². The lowest BCUT2D eigenvalue weighted by atomic mass is 9.87. The predicted octanol–water partition coefficient (Wildman–Crippen LogP) is 2.02. The van der Waals surface area contributed by atoms with E-state index in [2.05, 4.69) is 26.1 Å². The molecule has 5 nitrogen and oxygen atoms in total. The Morgan fingerprint density at radius 1 is 1.05 bits per heavy atom. The van der Waals surface area contributed by atoms with Crippen molar-refractivity contribution in [3.8, 4) is 0 Å². The first-order chi connectivity index (χ1) is 10.0. The molecule has 0 aliphatic heterocycles. The number of carboxylic acids is 1. The number of aliphatic hydroxyl groups excluding tert-OH is 2. The summed E-state index contributed by atoms with van der Waals surface area (Å²) in [6.07, 6.45) is -0.660. The average molecular weight is 311 g/mol. The summed E-state index contributed by atoms with van der Waals surface area (Å²) in [5.74, 6) is -0.875. The molecule has 0 bridgehead atoms. The summed E-state index contributed by atoms with van der Waals surface area (Å²) < 4.78 is 0. The average Bonchev–Trinajstić information content (AvgIpc) is 2.37. The van der Waals surface area contributed by atoms with E-state index in [1.54, 1.807) is 26.0 Å². The van der Waals surface area contributed by atoms with Crippen LogP contribution in [0.4, 0.5) is 0 Å². The summed E-state index contributed by atoms with van der Waals surface area (Å²) in [5, 5.41) is 29.0. The summed E-state index contributed by atoms with van der Waals surface area (Å²) in [6.45, 7) is 10.8. The number of hydrogen-bond donors (Lipinski definition) is 4. The zero-order valence-electron chi connectivity index (χ0n) is 14.1. The Labute approximate surface area is 133 Å². The van der Waals surface area contributed by atoms with Crippen molar-refractivity contribution in [2.45, 2.75) is 52.2 Å². The molecule has 0 amide bonds. The number of hydrogen-bond acceptors (Lipinski definition) is 4. The summed E-state index contributed by atoms with van der Waals surface area (Å²) >= 11 is 0. The topological polar surface area (TPSA) is 89.8 Å². The largest absolute Gasteiger partial charge is 0.478 e. The van der Waals surface area contributed by atoms with Crippen LogP contribution in [0.1, 0.15) is 50.5 Å². The van der Waals surface area contributed by atoms with Crippen LogP contribution in [0, 0.1) is 0 Å². The number of carbonyl (C=O) groups is 1. The van der Waals surface area contributed by atoms with Crippen molar-refractivity contribution in [3.63, 3.8) is 0 Å². The minimum atomic E-state index is -0.875. The van der Waals surface area contributed by atoms with Gasteiger partial charge in [0.1, 0.15) is 0 Å². The molecule has 5 heteroatoms. The normalized spacial score (nSPS) is 13.8. The molecular weight excluding hydrogens is 282 g/mol. The van der Waals surface area contributed by atoms with E-state index in [0.29, 0.717) is 18.7 Å². The molecule has 0 spiro atoms. The maximum Gasteiger partial charge on any atom is 0.335 e. The molecular formula is C17H29NO4. The molecule has 0 saturated carbocycles. The van der Waals surface area contributed by atoms with Gasteiger partial charge in [0.15, 0.2) is 0 Å². The molecule has 0 saturated heterocycles. The van der Waals surface area contributed by atoms with Crippen LogP contribution in [0.15, 0.2) is 24.3 Å². The highest BCUT2D eigenvalue weighted by Gasteiger charge is 2.13. The van der Waals surface area contributed by atoms with Crippen molar-refractivity contribution >= 4 is 5.97 Å². The molecule has 0 heterocycles. The first-order valence-corrected chi connectivity index (χ1v) is 7.44. The molecule has 1 rings (SSSR count). The van der Waals surface area contributed by atoms with E-state index in [9.17, 15) is 4.79 Å². The third-order valence-electron chi connectivity index (χ3n) is 2.88. The zero-order chi connectivity index (χ0) is 17.3. The number of benzene rings is 1. The number of rotatable bonds is 5. The minimum Gasteiger partial charge on any atom is -0.478 e. The van der Waals surface area contributed by atoms with Gasteiger partial charge in [-0.05, 0) is 37.0 Å². The van der Waals surface area contributed by atoms with Crippen LogP contribution in [0.25, 0.3) is 0 Å². The van der Waals surface area contributed by atoms with Gasteiger partial charge in [0, 0.05) is 13.1 Å². The molecule has 22 heavy (non-hydrogen) atoms. The van der Waals surface area contributed by atoms with Crippen LogP contribution in [0.2, 0.25) is 0 Å². The Morgan fingerprint density at radius 2 is 1.45 bits per heavy atom. The van der Waals surface area contributed by atoms with Crippen molar-refractivity contribution in [1.82, 2.24) is 5.32 Å². The van der Waals surface area contributed by atoms with Crippen LogP contribution in [0.5, 0.6) is 0 Å². The molecule has 0 aliphatic rings. The van der Waals surface area contributed by atoms with Crippen LogP contribution in [-0.2, 0) is 5.41 Å². The number of nitrogens with one attached hydrogen (secondary N) is 1. The molecule has 0 aliphatic carbocycles. The highest BCUT2D eigenvalue weighted by Crippen LogP contribution is 2.21. The zero-order valence-corrected chi connectivity index (χ0v) is 14.1. The Kier molecular flexibility index (Phi) is 8.94. The van der Waals surface area contributed by atoms with Crippen LogP contribution in [-0.4, -0.2) is 46.6 Å². The second-order valence-electron chi connectivity index (χ2n) is 6.49. The standard InChI is InChI=1S/C11H14O2.C6H15NO2/c1-11(2,3)9-6-4-8(5-7-9)10(12)13;1-5(8)3-7-4-6(2)9/h4-7H,1-3H3,(H,12,13);5-9H,3-4H2,1-2H3. The maximum atomic E-state index is 10.6. The van der Waals surface area contributed by atoms with Crippen LogP contribution >= 0.6 is 0 Å². The van der Waals surface area contributed by atoms with Gasteiger partial charge in [-0.1, -0.05) is 32.9 Å². The van der Waals surface area contributed by atoms with E-state index in [1.807, 2.05) is 12.1 Å². The van der Waals surface area contributed by atoms with E-state index in [4.69, 9.17) is 15.3 Å². The van der Waals surface area contributed by atoms with Gasteiger partial charge < -0.3 is 20.6 Å². The number of aliphatic hydroxyl groups is 2. The van der Waals surface area contributed by atoms with E-state index in [1.165, 1.54) is 0 Å². The second-order valence-corrected chi connectivity index (χ2v) is 6.49. The predicted molar refractivity (Wildman–Crippen MR) is 88.3 cm³/mol. The van der Waals surface area contributed by atoms with E-state index >= 15 is 0 Å². The summed E-state index contributed by atoms with van der Waals surface area (Å²) in [5.41, 5.74) is 1.57. The van der Waals surface area contributed by atoms with Gasteiger partial charge in [-0.25, -0.2) is 4.79 Å². The molecule has 2 atom stereocenters. The quantitative estimate of drug-likeness (QED) is 0.668. The molecule has 0 aromatic heterocycles. The third kappa shape index (κ3) is 9.50. The molecule has 4 N–H and O–H groups in total. The fourth-order valence-corrected chi connectivity index (χ4v) is 1.61. The molecule has 1 aromatic rings. The summed E-state index contributed by atoms with van der Waals surface area (Å²) in [4.78, 5) is 10.6. The van der Waals surface area contributed by atoms with Gasteiger partial charge in [0.2, 0.25) is 0 Å². The van der Waals surface area contributed by atoms with Crippen molar-refractivity contribution in [2.24, 2.45) is 0 Å². The van der Waals surface area contributed by atoms with Gasteiger partial charge in [0.05, 0.1) is 17.8 Å². The highest BCUT2D eigenvalue weighted by atomic mass is 16.4. The Balaban J connectivity index is 0.000000433. The lowest BCUT2D eigenvalue weighted by Gasteiger charge is -2.18. The van der Waals surface area contributed by atoms with Crippen LogP contribution in [0.3, 0.4) is 0 Å². The Bertz CT molecular complexity index is 425. The van der Waals surface area contributed by atoms with Gasteiger partial charge in [-0.15, -0.1) is 0 Å².